The highest BCUT2D eigenvalue weighted by atomic mass is 32.2. The summed E-state index contributed by atoms with van der Waals surface area (Å²) in [5, 5.41) is 2.84. The molecule has 0 fully saturated rings. The minimum atomic E-state index is -3.37. The lowest BCUT2D eigenvalue weighted by atomic mass is 10.1. The molecule has 1 amide bonds. The van der Waals surface area contributed by atoms with Crippen LogP contribution in [0.3, 0.4) is 0 Å². The molecule has 0 bridgehead atoms. The van der Waals surface area contributed by atoms with Crippen LogP contribution in [0.4, 0.5) is 5.69 Å². The molecule has 0 aliphatic carbocycles. The van der Waals surface area contributed by atoms with E-state index in [1.54, 1.807) is 18.2 Å². The Balaban J connectivity index is 1.57. The molecule has 0 unspecified atom stereocenters. The molecule has 0 saturated heterocycles. The number of fused-ring (bicyclic) bond motifs is 1. The van der Waals surface area contributed by atoms with Crippen LogP contribution in [-0.2, 0) is 22.8 Å². The Morgan fingerprint density at radius 3 is 2.71 bits per heavy atom. The number of carbonyl (C=O) groups is 1. The first kappa shape index (κ1) is 18.4. The number of nitrogens with zero attached hydrogens (tertiary/aromatic N) is 2. The van der Waals surface area contributed by atoms with Gasteiger partial charge in [-0.1, -0.05) is 18.2 Å². The number of carbonyl (C=O) groups excluding carboxylic acids is 1. The van der Waals surface area contributed by atoms with Crippen molar-refractivity contribution < 1.29 is 13.2 Å². The third kappa shape index (κ3) is 3.84. The topological polar surface area (TPSA) is 81.1 Å². The maximum absolute atomic E-state index is 12.6. The van der Waals surface area contributed by atoms with E-state index in [0.29, 0.717) is 11.3 Å². The van der Waals surface area contributed by atoms with Crippen LogP contribution < -0.4 is 5.32 Å². The van der Waals surface area contributed by atoms with Crippen molar-refractivity contribution in [2.75, 3.05) is 11.6 Å². The zero-order valence-electron chi connectivity index (χ0n) is 15.6. The lowest BCUT2D eigenvalue weighted by molar-refractivity contribution is 0.102. The van der Waals surface area contributed by atoms with Crippen LogP contribution in [0.5, 0.6) is 0 Å². The fraction of sp³-hybridized carbons (Fsp3) is 0.238. The Morgan fingerprint density at radius 1 is 1.11 bits per heavy atom. The fourth-order valence-electron chi connectivity index (χ4n) is 3.38. The van der Waals surface area contributed by atoms with Gasteiger partial charge in [-0.2, -0.15) is 0 Å². The van der Waals surface area contributed by atoms with Gasteiger partial charge < -0.3 is 9.88 Å². The van der Waals surface area contributed by atoms with Gasteiger partial charge in [0.15, 0.2) is 9.84 Å². The maximum Gasteiger partial charge on any atom is 0.255 e. The summed E-state index contributed by atoms with van der Waals surface area (Å²) in [5.41, 5.74) is 2.76. The molecular formula is C21H21N3O3S. The van der Waals surface area contributed by atoms with Gasteiger partial charge >= 0.3 is 0 Å². The van der Waals surface area contributed by atoms with E-state index < -0.39 is 9.84 Å². The highest BCUT2D eigenvalue weighted by Gasteiger charge is 2.15. The smallest absolute Gasteiger partial charge is 0.255 e. The van der Waals surface area contributed by atoms with Crippen molar-refractivity contribution >= 4 is 21.4 Å². The van der Waals surface area contributed by atoms with Gasteiger partial charge in [-0.3, -0.25) is 4.79 Å². The second kappa shape index (κ2) is 7.24. The van der Waals surface area contributed by atoms with E-state index in [9.17, 15) is 13.2 Å². The van der Waals surface area contributed by atoms with Gasteiger partial charge in [-0.15, -0.1) is 0 Å². The van der Waals surface area contributed by atoms with Crippen molar-refractivity contribution in [3.05, 3.63) is 66.1 Å². The molecular weight excluding hydrogens is 374 g/mol. The summed E-state index contributed by atoms with van der Waals surface area (Å²) in [7, 11) is -3.37. The van der Waals surface area contributed by atoms with Gasteiger partial charge in [0.1, 0.15) is 5.82 Å². The molecule has 6 nitrogen and oxygen atoms in total. The molecule has 4 rings (SSSR count). The largest absolute Gasteiger partial charge is 0.334 e. The molecule has 3 aromatic rings. The molecule has 2 heterocycles. The number of rotatable bonds is 4. The van der Waals surface area contributed by atoms with E-state index in [4.69, 9.17) is 4.98 Å². The van der Waals surface area contributed by atoms with Crippen molar-refractivity contribution in [3.8, 4) is 11.3 Å². The van der Waals surface area contributed by atoms with Crippen molar-refractivity contribution in [1.82, 2.24) is 9.55 Å². The molecule has 0 saturated carbocycles. The van der Waals surface area contributed by atoms with E-state index in [-0.39, 0.29) is 10.8 Å². The number of aromatic nitrogens is 2. The van der Waals surface area contributed by atoms with Crippen molar-refractivity contribution in [2.24, 2.45) is 0 Å². The minimum absolute atomic E-state index is 0.123. The number of hydrogen-bond donors (Lipinski definition) is 1. The maximum atomic E-state index is 12.6. The van der Waals surface area contributed by atoms with Gasteiger partial charge in [0.25, 0.3) is 5.91 Å². The minimum Gasteiger partial charge on any atom is -0.334 e. The highest BCUT2D eigenvalue weighted by Crippen LogP contribution is 2.25. The summed E-state index contributed by atoms with van der Waals surface area (Å²) in [6.45, 7) is 0.995. The second-order valence-corrected chi connectivity index (χ2v) is 9.04. The van der Waals surface area contributed by atoms with Crippen LogP contribution in [0.25, 0.3) is 11.3 Å². The molecule has 0 spiro atoms. The van der Waals surface area contributed by atoms with Gasteiger partial charge in [0, 0.05) is 42.2 Å². The van der Waals surface area contributed by atoms with Gasteiger partial charge in [-0.25, -0.2) is 13.4 Å². The number of aryl methyl sites for hydroxylation is 2. The SMILES string of the molecule is CS(=O)(=O)c1cccc(C(=O)Nc2cccc(-c3cn4c(n3)CCCC4)c2)c1. The first-order chi connectivity index (χ1) is 13.4. The summed E-state index contributed by atoms with van der Waals surface area (Å²) in [4.78, 5) is 17.4. The molecule has 0 radical (unpaired) electrons. The number of anilines is 1. The van der Waals surface area contributed by atoms with E-state index >= 15 is 0 Å². The molecule has 1 aliphatic heterocycles. The van der Waals surface area contributed by atoms with E-state index in [0.717, 1.165) is 36.3 Å². The fourth-order valence-corrected chi connectivity index (χ4v) is 4.05. The summed E-state index contributed by atoms with van der Waals surface area (Å²) in [6.07, 6.45) is 6.51. The molecule has 1 aliphatic rings. The van der Waals surface area contributed by atoms with Crippen LogP contribution in [0, 0.1) is 0 Å². The molecule has 1 aromatic heterocycles. The Hall–Kier alpha value is -2.93. The number of sulfone groups is 1. The molecule has 2 aromatic carbocycles. The van der Waals surface area contributed by atoms with Gasteiger partial charge in [0.05, 0.1) is 10.6 Å². The van der Waals surface area contributed by atoms with Crippen LogP contribution in [-0.4, -0.2) is 30.1 Å². The van der Waals surface area contributed by atoms with E-state index in [2.05, 4.69) is 16.1 Å². The summed E-state index contributed by atoms with van der Waals surface area (Å²) in [6, 6.07) is 13.6. The number of benzene rings is 2. The third-order valence-corrected chi connectivity index (χ3v) is 5.96. The predicted molar refractivity (Wildman–Crippen MR) is 108 cm³/mol. The van der Waals surface area contributed by atoms with Crippen LogP contribution >= 0.6 is 0 Å². The standard InChI is InChI=1S/C21H21N3O3S/c1-28(26,27)18-9-5-7-16(13-18)21(25)22-17-8-4-6-15(12-17)19-14-24-11-3-2-10-20(24)23-19/h4-9,12-14H,2-3,10-11H2,1H3,(H,22,25). The number of amides is 1. The van der Waals surface area contributed by atoms with Crippen molar-refractivity contribution in [2.45, 2.75) is 30.7 Å². The second-order valence-electron chi connectivity index (χ2n) is 7.03. The third-order valence-electron chi connectivity index (χ3n) is 4.85. The number of imidazole rings is 1. The normalized spacial score (nSPS) is 13.8. The first-order valence-corrected chi connectivity index (χ1v) is 11.1. The number of nitrogens with one attached hydrogen (secondary N) is 1. The van der Waals surface area contributed by atoms with Crippen molar-refractivity contribution in [3.63, 3.8) is 0 Å². The quantitative estimate of drug-likeness (QED) is 0.733. The van der Waals surface area contributed by atoms with Crippen LogP contribution in [0.2, 0.25) is 0 Å². The molecule has 1 N–H and O–H groups in total. The predicted octanol–water partition coefficient (Wildman–Crippen LogP) is 3.54. The van der Waals surface area contributed by atoms with E-state index in [1.165, 1.54) is 25.0 Å². The lowest BCUT2D eigenvalue weighted by Gasteiger charge is -2.11. The molecule has 144 valence electrons. The Kier molecular flexibility index (Phi) is 4.77. The zero-order valence-corrected chi connectivity index (χ0v) is 16.4. The summed E-state index contributed by atoms with van der Waals surface area (Å²) < 4.78 is 25.6. The first-order valence-electron chi connectivity index (χ1n) is 9.18. The summed E-state index contributed by atoms with van der Waals surface area (Å²) in [5.74, 6) is 0.750. The Morgan fingerprint density at radius 2 is 1.93 bits per heavy atom. The van der Waals surface area contributed by atoms with Crippen LogP contribution in [0.1, 0.15) is 29.0 Å². The molecule has 28 heavy (non-hydrogen) atoms. The Labute approximate surface area is 164 Å². The monoisotopic (exact) mass is 395 g/mol. The lowest BCUT2D eigenvalue weighted by Crippen LogP contribution is -2.12. The zero-order chi connectivity index (χ0) is 19.7. The van der Waals surface area contributed by atoms with Crippen LogP contribution in [0.15, 0.2) is 59.6 Å². The summed E-state index contributed by atoms with van der Waals surface area (Å²) >= 11 is 0. The van der Waals surface area contributed by atoms with E-state index in [1.807, 2.05) is 18.2 Å². The molecule has 0 atom stereocenters. The average Bonchev–Trinajstić information content (AvgIpc) is 3.12. The number of hydrogen-bond acceptors (Lipinski definition) is 4. The van der Waals surface area contributed by atoms with Crippen molar-refractivity contribution in [1.29, 1.82) is 0 Å². The Bertz CT molecular complexity index is 1130. The van der Waals surface area contributed by atoms with Gasteiger partial charge in [0.2, 0.25) is 0 Å². The van der Waals surface area contributed by atoms with Gasteiger partial charge in [-0.05, 0) is 43.2 Å². The molecule has 7 heteroatoms. The highest BCUT2D eigenvalue weighted by molar-refractivity contribution is 7.90. The average molecular weight is 395 g/mol.